The SMILES string of the molecule is C=C(C)C(=O)OCCC[N+](C)(C)CCCCS(=O)(=O)O.C[N+](C)(C)CC(=O)O. The summed E-state index contributed by atoms with van der Waals surface area (Å²) in [6, 6.07) is 0. The molecule has 0 heterocycles. The molecule has 0 spiro atoms. The van der Waals surface area contributed by atoms with Crippen LogP contribution >= 0.6 is 0 Å². The zero-order chi connectivity index (χ0) is 22.6. The molecule has 28 heavy (non-hydrogen) atoms. The smallest absolute Gasteiger partial charge is 0.359 e. The number of nitrogens with zero attached hydrogens (tertiary/aromatic N) is 2. The van der Waals surface area contributed by atoms with Crippen LogP contribution in [-0.2, 0) is 24.4 Å². The summed E-state index contributed by atoms with van der Waals surface area (Å²) in [6.07, 6.45) is 1.91. The third-order valence-electron chi connectivity index (χ3n) is 3.51. The van der Waals surface area contributed by atoms with Crippen molar-refractivity contribution < 1.29 is 41.4 Å². The molecule has 0 fully saturated rings. The van der Waals surface area contributed by atoms with Gasteiger partial charge in [-0.1, -0.05) is 6.58 Å². The Morgan fingerprint density at radius 1 is 1.00 bits per heavy atom. The van der Waals surface area contributed by atoms with Gasteiger partial charge in [0.05, 0.1) is 60.7 Å². The van der Waals surface area contributed by atoms with Crippen LogP contribution in [0.2, 0.25) is 0 Å². The predicted molar refractivity (Wildman–Crippen MR) is 108 cm³/mol. The van der Waals surface area contributed by atoms with Gasteiger partial charge in [0.2, 0.25) is 0 Å². The van der Waals surface area contributed by atoms with Gasteiger partial charge in [0.25, 0.3) is 10.1 Å². The highest BCUT2D eigenvalue weighted by atomic mass is 32.2. The Morgan fingerprint density at radius 2 is 1.50 bits per heavy atom. The van der Waals surface area contributed by atoms with Gasteiger partial charge >= 0.3 is 11.9 Å². The van der Waals surface area contributed by atoms with Crippen molar-refractivity contribution in [3.05, 3.63) is 12.2 Å². The average Bonchev–Trinajstić information content (AvgIpc) is 2.45. The fourth-order valence-electron chi connectivity index (χ4n) is 2.12. The molecule has 0 aromatic rings. The highest BCUT2D eigenvalue weighted by molar-refractivity contribution is 7.85. The maximum Gasteiger partial charge on any atom is 0.359 e. The van der Waals surface area contributed by atoms with Gasteiger partial charge in [-0.2, -0.15) is 8.42 Å². The molecule has 10 heteroatoms. The summed E-state index contributed by atoms with van der Waals surface area (Å²) in [7, 11) is 5.74. The largest absolute Gasteiger partial charge is 0.477 e. The number of quaternary nitrogens is 2. The maximum atomic E-state index is 11.2. The molecule has 0 aromatic carbocycles. The van der Waals surface area contributed by atoms with E-state index < -0.39 is 16.1 Å². The zero-order valence-electron chi connectivity index (χ0n) is 18.1. The Labute approximate surface area is 169 Å². The minimum absolute atomic E-state index is 0.181. The third-order valence-corrected chi connectivity index (χ3v) is 4.32. The second kappa shape index (κ2) is 12.9. The Morgan fingerprint density at radius 3 is 1.86 bits per heavy atom. The first-order valence-corrected chi connectivity index (χ1v) is 10.7. The van der Waals surface area contributed by atoms with E-state index in [1.54, 1.807) is 6.92 Å². The van der Waals surface area contributed by atoms with Crippen LogP contribution in [0.4, 0.5) is 0 Å². The average molecular weight is 427 g/mol. The molecule has 0 rings (SSSR count). The van der Waals surface area contributed by atoms with Crippen molar-refractivity contribution in [3.63, 3.8) is 0 Å². The van der Waals surface area contributed by atoms with E-state index in [1.807, 2.05) is 35.2 Å². The van der Waals surface area contributed by atoms with E-state index in [4.69, 9.17) is 14.4 Å². The van der Waals surface area contributed by atoms with Crippen LogP contribution in [0.5, 0.6) is 0 Å². The highest BCUT2D eigenvalue weighted by Crippen LogP contribution is 2.05. The fourth-order valence-corrected chi connectivity index (χ4v) is 2.69. The Balaban J connectivity index is 0. The number of likely N-dealkylation sites (N-methyl/N-ethyl adjacent to an activating group) is 1. The van der Waals surface area contributed by atoms with Crippen molar-refractivity contribution in [2.24, 2.45) is 0 Å². The lowest BCUT2D eigenvalue weighted by molar-refractivity contribution is -0.890. The second-order valence-corrected chi connectivity index (χ2v) is 10.1. The number of ether oxygens (including phenoxy) is 1. The first kappa shape index (κ1) is 28.7. The predicted octanol–water partition coefficient (Wildman–Crippen LogP) is 1.02. The van der Waals surface area contributed by atoms with E-state index >= 15 is 0 Å². The molecule has 0 saturated heterocycles. The van der Waals surface area contributed by atoms with Gasteiger partial charge in [0.15, 0.2) is 6.54 Å². The van der Waals surface area contributed by atoms with Gasteiger partial charge < -0.3 is 18.8 Å². The molecule has 0 bridgehead atoms. The van der Waals surface area contributed by atoms with Crippen molar-refractivity contribution in [1.29, 1.82) is 0 Å². The van der Waals surface area contributed by atoms with E-state index in [0.29, 0.717) is 23.1 Å². The van der Waals surface area contributed by atoms with Gasteiger partial charge in [0, 0.05) is 12.0 Å². The van der Waals surface area contributed by atoms with E-state index in [0.717, 1.165) is 30.4 Å². The van der Waals surface area contributed by atoms with Gasteiger partial charge in [0.1, 0.15) is 0 Å². The molecule has 0 radical (unpaired) electrons. The highest BCUT2D eigenvalue weighted by Gasteiger charge is 2.15. The first-order chi connectivity index (χ1) is 12.5. The minimum atomic E-state index is -3.85. The van der Waals surface area contributed by atoms with Crippen LogP contribution in [0.15, 0.2) is 12.2 Å². The number of esters is 1. The molecule has 0 aliphatic rings. The number of hydrogen-bond donors (Lipinski definition) is 2. The quantitative estimate of drug-likeness (QED) is 0.157. The third kappa shape index (κ3) is 22.6. The molecule has 0 amide bonds. The molecule has 0 aliphatic heterocycles. The van der Waals surface area contributed by atoms with Gasteiger partial charge in [-0.05, 0) is 19.8 Å². The number of carbonyl (C=O) groups excluding carboxylic acids is 1. The van der Waals surface area contributed by atoms with Gasteiger partial charge in [-0.25, -0.2) is 9.59 Å². The number of hydrogen-bond acceptors (Lipinski definition) is 5. The number of carboxylic acid groups (broad SMARTS) is 1. The Hall–Kier alpha value is -1.49. The molecule has 0 atom stereocenters. The van der Waals surface area contributed by atoms with E-state index in [-0.39, 0.29) is 18.3 Å². The van der Waals surface area contributed by atoms with Crippen LogP contribution in [0.1, 0.15) is 26.2 Å². The second-order valence-electron chi connectivity index (χ2n) is 8.49. The summed E-state index contributed by atoms with van der Waals surface area (Å²) in [5.74, 6) is -1.32. The van der Waals surface area contributed by atoms with Crippen LogP contribution in [0, 0.1) is 0 Å². The zero-order valence-corrected chi connectivity index (χ0v) is 18.9. The van der Waals surface area contributed by atoms with E-state index in [1.165, 1.54) is 0 Å². The van der Waals surface area contributed by atoms with Crippen molar-refractivity contribution in [2.45, 2.75) is 26.2 Å². The van der Waals surface area contributed by atoms with E-state index in [2.05, 4.69) is 6.58 Å². The summed E-state index contributed by atoms with van der Waals surface area (Å²) in [5, 5.41) is 8.23. The standard InChI is InChI=1S/C13H25NO5S.C5H11NO2/c1-12(2)13(15)19-10-7-9-14(3,4)8-5-6-11-20(16,17)18;1-6(2,3)4-5(7)8/h1,5-11H2,2-4H3;4H2,1-3H3/p+2. The molecular formula is C18H38N2O7S+2. The van der Waals surface area contributed by atoms with Crippen LogP contribution < -0.4 is 0 Å². The van der Waals surface area contributed by atoms with Crippen molar-refractivity contribution in [1.82, 2.24) is 0 Å². The van der Waals surface area contributed by atoms with Crippen molar-refractivity contribution in [2.75, 3.05) is 67.2 Å². The van der Waals surface area contributed by atoms with Gasteiger partial charge in [-0.3, -0.25) is 4.55 Å². The fraction of sp³-hybridized carbons (Fsp3) is 0.778. The van der Waals surface area contributed by atoms with Crippen LogP contribution in [0.3, 0.4) is 0 Å². The summed E-state index contributed by atoms with van der Waals surface area (Å²) < 4.78 is 36.0. The number of carbonyl (C=O) groups is 2. The normalized spacial score (nSPS) is 12.0. The lowest BCUT2D eigenvalue weighted by atomic mass is 10.2. The molecule has 0 unspecified atom stereocenters. The van der Waals surface area contributed by atoms with Crippen LogP contribution in [-0.4, -0.2) is 106 Å². The van der Waals surface area contributed by atoms with Crippen molar-refractivity contribution >= 4 is 22.1 Å². The molecule has 0 saturated carbocycles. The lowest BCUT2D eigenvalue weighted by Gasteiger charge is -2.29. The molecule has 166 valence electrons. The number of unbranched alkanes of at least 4 members (excludes halogenated alkanes) is 1. The summed E-state index contributed by atoms with van der Waals surface area (Å²) in [5.41, 5.74) is 0.393. The monoisotopic (exact) mass is 426 g/mol. The molecule has 2 N–H and O–H groups in total. The lowest BCUT2D eigenvalue weighted by Crippen LogP contribution is -2.41. The number of carboxylic acids is 1. The molecular weight excluding hydrogens is 388 g/mol. The summed E-state index contributed by atoms with van der Waals surface area (Å²) >= 11 is 0. The summed E-state index contributed by atoms with van der Waals surface area (Å²) in [6.45, 7) is 7.29. The van der Waals surface area contributed by atoms with Crippen molar-refractivity contribution in [3.8, 4) is 0 Å². The summed E-state index contributed by atoms with van der Waals surface area (Å²) in [4.78, 5) is 21.2. The number of aliphatic carboxylic acids is 1. The molecule has 0 aromatic heterocycles. The van der Waals surface area contributed by atoms with E-state index in [9.17, 15) is 18.0 Å². The first-order valence-electron chi connectivity index (χ1n) is 9.07. The maximum absolute atomic E-state index is 11.2. The minimum Gasteiger partial charge on any atom is -0.477 e. The Kier molecular flexibility index (Phi) is 13.2. The van der Waals surface area contributed by atoms with Crippen LogP contribution in [0.25, 0.3) is 0 Å². The molecule has 0 aliphatic carbocycles. The molecule has 9 nitrogen and oxygen atoms in total. The topological polar surface area (TPSA) is 118 Å². The van der Waals surface area contributed by atoms with Gasteiger partial charge in [-0.15, -0.1) is 0 Å². The number of rotatable bonds is 12. The Bertz CT molecular complexity index is 608.